The first-order valence-electron chi connectivity index (χ1n) is 6.46. The number of carbonyl (C=O) groups excluding carboxylic acids is 1. The van der Waals surface area contributed by atoms with Gasteiger partial charge >= 0.3 is 6.18 Å². The number of carbonyl (C=O) groups is 1. The Balaban J connectivity index is 2.18. The maximum atomic E-state index is 12.2. The normalized spacial score (nSPS) is 10.8. The number of halogens is 4. The molecular formula is C15H9ClF3N3O2. The zero-order valence-electron chi connectivity index (χ0n) is 11.9. The molecule has 0 aliphatic heterocycles. The topological polar surface area (TPSA) is 75.0 Å². The molecule has 1 amide bonds. The van der Waals surface area contributed by atoms with Crippen LogP contribution in [-0.2, 0) is 0 Å². The number of alkyl halides is 3. The molecule has 0 aliphatic rings. The largest absolute Gasteiger partial charge is 0.467 e. The lowest BCUT2D eigenvalue weighted by atomic mass is 10.2. The monoisotopic (exact) mass is 355 g/mol. The molecule has 1 N–H and O–H groups in total. The molecule has 0 saturated carbocycles. The highest BCUT2D eigenvalue weighted by molar-refractivity contribution is 6.32. The van der Waals surface area contributed by atoms with Crippen LogP contribution in [-0.4, -0.2) is 23.7 Å². The summed E-state index contributed by atoms with van der Waals surface area (Å²) in [5.41, 5.74) is 0.335. The number of amides is 1. The van der Waals surface area contributed by atoms with Crippen LogP contribution in [0.4, 0.5) is 18.9 Å². The van der Waals surface area contributed by atoms with E-state index in [1.165, 1.54) is 36.5 Å². The van der Waals surface area contributed by atoms with E-state index < -0.39 is 24.6 Å². The van der Waals surface area contributed by atoms with Crippen molar-refractivity contribution in [2.45, 2.75) is 6.18 Å². The minimum atomic E-state index is -4.55. The molecule has 0 atom stereocenters. The van der Waals surface area contributed by atoms with Gasteiger partial charge in [0.1, 0.15) is 11.6 Å². The molecule has 2 aromatic rings. The van der Waals surface area contributed by atoms with Gasteiger partial charge in [0.25, 0.3) is 5.91 Å². The van der Waals surface area contributed by atoms with Crippen molar-refractivity contribution in [2.24, 2.45) is 0 Å². The van der Waals surface area contributed by atoms with Gasteiger partial charge in [0.2, 0.25) is 5.88 Å². The van der Waals surface area contributed by atoms with Crippen LogP contribution in [0.25, 0.3) is 0 Å². The second kappa shape index (κ2) is 7.19. The maximum Gasteiger partial charge on any atom is 0.422 e. The predicted molar refractivity (Wildman–Crippen MR) is 79.9 cm³/mol. The summed E-state index contributed by atoms with van der Waals surface area (Å²) in [5, 5.41) is 11.4. The number of hydrogen-bond acceptors (Lipinski definition) is 4. The molecule has 0 fully saturated rings. The Labute approximate surface area is 139 Å². The number of benzene rings is 1. The van der Waals surface area contributed by atoms with E-state index in [9.17, 15) is 18.0 Å². The first-order chi connectivity index (χ1) is 11.3. The summed E-state index contributed by atoms with van der Waals surface area (Å²) < 4.78 is 41.3. The van der Waals surface area contributed by atoms with E-state index in [1.54, 1.807) is 0 Å². The van der Waals surface area contributed by atoms with Crippen LogP contribution in [0, 0.1) is 11.3 Å². The molecule has 0 saturated heterocycles. The van der Waals surface area contributed by atoms with Crippen LogP contribution >= 0.6 is 11.6 Å². The van der Waals surface area contributed by atoms with Gasteiger partial charge in [0, 0.05) is 11.9 Å². The number of pyridine rings is 1. The van der Waals surface area contributed by atoms with Crippen molar-refractivity contribution >= 4 is 23.2 Å². The standard InChI is InChI=1S/C15H9ClF3N3O2/c16-12-6-10(4-3-9(12)7-20)22-13(23)11-2-1-5-21-14(11)24-8-15(17,18)19/h1-6H,8H2,(H,22,23). The van der Waals surface area contributed by atoms with Crippen molar-refractivity contribution in [2.75, 3.05) is 11.9 Å². The van der Waals surface area contributed by atoms with Crippen LogP contribution in [0.1, 0.15) is 15.9 Å². The number of anilines is 1. The van der Waals surface area contributed by atoms with Crippen LogP contribution in [0.5, 0.6) is 5.88 Å². The van der Waals surface area contributed by atoms with Crippen LogP contribution < -0.4 is 10.1 Å². The molecule has 0 radical (unpaired) electrons. The van der Waals surface area contributed by atoms with Crippen LogP contribution in [0.15, 0.2) is 36.5 Å². The number of ether oxygens (including phenoxy) is 1. The molecule has 2 rings (SSSR count). The summed E-state index contributed by atoms with van der Waals surface area (Å²) >= 11 is 5.85. The van der Waals surface area contributed by atoms with E-state index in [2.05, 4.69) is 15.0 Å². The van der Waals surface area contributed by atoms with Gasteiger partial charge in [0.05, 0.1) is 10.6 Å². The Kier molecular flexibility index (Phi) is 5.26. The summed E-state index contributed by atoms with van der Waals surface area (Å²) in [6, 6.07) is 8.73. The van der Waals surface area contributed by atoms with Crippen molar-refractivity contribution in [3.63, 3.8) is 0 Å². The Morgan fingerprint density at radius 2 is 2.12 bits per heavy atom. The highest BCUT2D eigenvalue weighted by Crippen LogP contribution is 2.23. The summed E-state index contributed by atoms with van der Waals surface area (Å²) in [5.74, 6) is -1.16. The van der Waals surface area contributed by atoms with Gasteiger partial charge < -0.3 is 10.1 Å². The molecule has 0 bridgehead atoms. The molecular weight excluding hydrogens is 347 g/mol. The molecule has 1 aromatic carbocycles. The molecule has 1 aromatic heterocycles. The van der Waals surface area contributed by atoms with Crippen LogP contribution in [0.3, 0.4) is 0 Å². The van der Waals surface area contributed by atoms with Gasteiger partial charge in [0.15, 0.2) is 6.61 Å². The van der Waals surface area contributed by atoms with Crippen LogP contribution in [0.2, 0.25) is 5.02 Å². The fraction of sp³-hybridized carbons (Fsp3) is 0.133. The number of hydrogen-bond donors (Lipinski definition) is 1. The van der Waals surface area contributed by atoms with Crippen molar-refractivity contribution in [3.05, 3.63) is 52.7 Å². The first kappa shape index (κ1) is 17.6. The Bertz CT molecular complexity index is 803. The Morgan fingerprint density at radius 3 is 2.75 bits per heavy atom. The summed E-state index contributed by atoms with van der Waals surface area (Å²) in [6.45, 7) is -1.56. The van der Waals surface area contributed by atoms with Gasteiger partial charge in [-0.25, -0.2) is 4.98 Å². The zero-order chi connectivity index (χ0) is 17.7. The SMILES string of the molecule is N#Cc1ccc(NC(=O)c2cccnc2OCC(F)(F)F)cc1Cl. The number of nitriles is 1. The second-order valence-corrected chi connectivity index (χ2v) is 4.93. The number of nitrogens with zero attached hydrogens (tertiary/aromatic N) is 2. The zero-order valence-corrected chi connectivity index (χ0v) is 12.6. The predicted octanol–water partition coefficient (Wildman–Crippen LogP) is 3.80. The quantitative estimate of drug-likeness (QED) is 0.905. The van der Waals surface area contributed by atoms with E-state index in [4.69, 9.17) is 16.9 Å². The fourth-order valence-electron chi connectivity index (χ4n) is 1.71. The van der Waals surface area contributed by atoms with Crippen molar-refractivity contribution in [1.29, 1.82) is 5.26 Å². The maximum absolute atomic E-state index is 12.2. The van der Waals surface area contributed by atoms with Gasteiger partial charge in [-0.2, -0.15) is 18.4 Å². The average molecular weight is 356 g/mol. The molecule has 9 heteroatoms. The summed E-state index contributed by atoms with van der Waals surface area (Å²) in [6.07, 6.45) is -3.34. The van der Waals surface area contributed by atoms with E-state index >= 15 is 0 Å². The third kappa shape index (κ3) is 4.60. The minimum Gasteiger partial charge on any atom is -0.467 e. The first-order valence-corrected chi connectivity index (χ1v) is 6.83. The molecule has 0 aliphatic carbocycles. The van der Waals surface area contributed by atoms with Gasteiger partial charge in [-0.1, -0.05) is 11.6 Å². The smallest absolute Gasteiger partial charge is 0.422 e. The molecule has 0 spiro atoms. The Hall–Kier alpha value is -2.79. The van der Waals surface area contributed by atoms with Crippen molar-refractivity contribution in [1.82, 2.24) is 4.98 Å². The van der Waals surface area contributed by atoms with E-state index in [0.29, 0.717) is 0 Å². The lowest BCUT2D eigenvalue weighted by molar-refractivity contribution is -0.154. The minimum absolute atomic E-state index is 0.134. The third-order valence-electron chi connectivity index (χ3n) is 2.74. The molecule has 1 heterocycles. The highest BCUT2D eigenvalue weighted by atomic mass is 35.5. The molecule has 0 unspecified atom stereocenters. The van der Waals surface area contributed by atoms with E-state index in [0.717, 1.165) is 0 Å². The number of rotatable bonds is 4. The van der Waals surface area contributed by atoms with Gasteiger partial charge in [-0.3, -0.25) is 4.79 Å². The van der Waals surface area contributed by atoms with Gasteiger partial charge in [-0.05, 0) is 30.3 Å². The summed E-state index contributed by atoms with van der Waals surface area (Å²) in [7, 11) is 0. The number of nitrogens with one attached hydrogen (secondary N) is 1. The second-order valence-electron chi connectivity index (χ2n) is 4.52. The summed E-state index contributed by atoms with van der Waals surface area (Å²) in [4.78, 5) is 15.8. The lowest BCUT2D eigenvalue weighted by Crippen LogP contribution is -2.22. The van der Waals surface area contributed by atoms with E-state index in [1.807, 2.05) is 6.07 Å². The fourth-order valence-corrected chi connectivity index (χ4v) is 1.93. The average Bonchev–Trinajstić information content (AvgIpc) is 2.52. The molecule has 24 heavy (non-hydrogen) atoms. The van der Waals surface area contributed by atoms with E-state index in [-0.39, 0.29) is 21.8 Å². The molecule has 5 nitrogen and oxygen atoms in total. The Morgan fingerprint density at radius 1 is 1.38 bits per heavy atom. The van der Waals surface area contributed by atoms with Crippen molar-refractivity contribution in [3.8, 4) is 11.9 Å². The highest BCUT2D eigenvalue weighted by Gasteiger charge is 2.29. The lowest BCUT2D eigenvalue weighted by Gasteiger charge is -2.12. The van der Waals surface area contributed by atoms with Crippen molar-refractivity contribution < 1.29 is 22.7 Å². The molecule has 124 valence electrons. The number of aromatic nitrogens is 1. The third-order valence-corrected chi connectivity index (χ3v) is 3.05. The van der Waals surface area contributed by atoms with Gasteiger partial charge in [-0.15, -0.1) is 0 Å².